The van der Waals surface area contributed by atoms with Crippen molar-refractivity contribution >= 4 is 52.1 Å². The first-order valence-electron chi connectivity index (χ1n) is 7.85. The molecule has 2 aromatic heterocycles. The van der Waals surface area contributed by atoms with Gasteiger partial charge in [0.1, 0.15) is 15.7 Å². The van der Waals surface area contributed by atoms with Gasteiger partial charge in [-0.1, -0.05) is 40.0 Å². The molecule has 0 unspecified atom stereocenters. The first-order valence-corrected chi connectivity index (χ1v) is 9.80. The standard InChI is InChI=1S/C16H5Cl3F7N3O2S/c17-7-1-5(14(20,15(21,22)23)16(24,25)26)2-8(18)11(7)29-4-9(27-28-29)10-3-6(13(30)31)12(19)32-10/h1-4H,(H,30,31). The number of hydrogen-bond acceptors (Lipinski definition) is 4. The first kappa shape index (κ1) is 24.6. The molecule has 16 heteroatoms. The second-order valence-electron chi connectivity index (χ2n) is 6.09. The van der Waals surface area contributed by atoms with Gasteiger partial charge in [-0.2, -0.15) is 26.3 Å². The van der Waals surface area contributed by atoms with Crippen LogP contribution in [0.25, 0.3) is 16.3 Å². The third kappa shape index (κ3) is 4.02. The molecule has 0 saturated carbocycles. The van der Waals surface area contributed by atoms with Gasteiger partial charge in [-0.25, -0.2) is 13.9 Å². The number of halogens is 10. The van der Waals surface area contributed by atoms with Crippen molar-refractivity contribution in [3.05, 3.63) is 49.9 Å². The molecule has 0 fully saturated rings. The van der Waals surface area contributed by atoms with E-state index in [4.69, 9.17) is 39.9 Å². The lowest BCUT2D eigenvalue weighted by atomic mass is 9.94. The van der Waals surface area contributed by atoms with Crippen LogP contribution in [0.15, 0.2) is 24.4 Å². The molecule has 0 saturated heterocycles. The molecular formula is C16H5Cl3F7N3O2S. The van der Waals surface area contributed by atoms with Crippen molar-refractivity contribution in [2.24, 2.45) is 0 Å². The van der Waals surface area contributed by atoms with Crippen molar-refractivity contribution in [3.8, 4) is 16.3 Å². The van der Waals surface area contributed by atoms with Gasteiger partial charge in [-0.15, -0.1) is 16.4 Å². The van der Waals surface area contributed by atoms with Crippen LogP contribution in [0.5, 0.6) is 0 Å². The molecule has 0 atom stereocenters. The fraction of sp³-hybridized carbons (Fsp3) is 0.188. The minimum atomic E-state index is -6.35. The fourth-order valence-electron chi connectivity index (χ4n) is 2.60. The van der Waals surface area contributed by atoms with Crippen LogP contribution in [0.2, 0.25) is 14.4 Å². The van der Waals surface area contributed by atoms with Crippen molar-refractivity contribution in [1.82, 2.24) is 15.0 Å². The van der Waals surface area contributed by atoms with Gasteiger partial charge in [-0.05, 0) is 18.2 Å². The van der Waals surface area contributed by atoms with E-state index in [-0.39, 0.29) is 38.3 Å². The minimum Gasteiger partial charge on any atom is -0.478 e. The molecule has 172 valence electrons. The number of carboxylic acids is 1. The Morgan fingerprint density at radius 3 is 1.94 bits per heavy atom. The summed E-state index contributed by atoms with van der Waals surface area (Å²) in [5, 5.41) is 14.8. The van der Waals surface area contributed by atoms with Crippen molar-refractivity contribution < 1.29 is 40.6 Å². The van der Waals surface area contributed by atoms with E-state index in [2.05, 4.69) is 10.3 Å². The van der Waals surface area contributed by atoms with Crippen molar-refractivity contribution in [3.63, 3.8) is 0 Å². The summed E-state index contributed by atoms with van der Waals surface area (Å²) in [4.78, 5) is 11.3. The van der Waals surface area contributed by atoms with Crippen LogP contribution in [-0.4, -0.2) is 38.4 Å². The summed E-state index contributed by atoms with van der Waals surface area (Å²) in [7, 11) is 0. The number of aromatic nitrogens is 3. The predicted octanol–water partition coefficient (Wildman–Crippen LogP) is 6.94. The van der Waals surface area contributed by atoms with E-state index >= 15 is 0 Å². The lowest BCUT2D eigenvalue weighted by Gasteiger charge is -2.30. The maximum Gasteiger partial charge on any atom is 0.435 e. The highest BCUT2D eigenvalue weighted by Gasteiger charge is 2.73. The van der Waals surface area contributed by atoms with Gasteiger partial charge in [0.2, 0.25) is 0 Å². The average Bonchev–Trinajstić information content (AvgIpc) is 3.25. The Morgan fingerprint density at radius 1 is 0.969 bits per heavy atom. The lowest BCUT2D eigenvalue weighted by molar-refractivity contribution is -0.348. The Labute approximate surface area is 191 Å². The smallest absolute Gasteiger partial charge is 0.435 e. The number of rotatable bonds is 4. The SMILES string of the molecule is O=C(O)c1cc(-c2cn(-c3c(Cl)cc(C(F)(C(F)(F)F)C(F)(F)F)cc3Cl)nn2)sc1Cl. The maximum absolute atomic E-state index is 14.3. The van der Waals surface area contributed by atoms with E-state index in [9.17, 15) is 35.5 Å². The van der Waals surface area contributed by atoms with Crippen molar-refractivity contribution in [2.45, 2.75) is 18.0 Å². The van der Waals surface area contributed by atoms with Gasteiger partial charge in [0.15, 0.2) is 0 Å². The summed E-state index contributed by atoms with van der Waals surface area (Å²) in [6.07, 6.45) is -11.6. The summed E-state index contributed by atoms with van der Waals surface area (Å²) < 4.78 is 93.0. The van der Waals surface area contributed by atoms with E-state index in [0.29, 0.717) is 0 Å². The topological polar surface area (TPSA) is 68.0 Å². The number of aromatic carboxylic acids is 1. The third-order valence-electron chi connectivity index (χ3n) is 4.09. The van der Waals surface area contributed by atoms with Gasteiger partial charge < -0.3 is 5.11 Å². The summed E-state index contributed by atoms with van der Waals surface area (Å²) in [5.41, 5.74) is -8.15. The molecule has 1 N–H and O–H groups in total. The monoisotopic (exact) mass is 541 g/mol. The highest BCUT2D eigenvalue weighted by molar-refractivity contribution is 7.19. The zero-order chi connectivity index (χ0) is 24.2. The van der Waals surface area contributed by atoms with Gasteiger partial charge in [0.25, 0.3) is 0 Å². The molecule has 0 aliphatic carbocycles. The van der Waals surface area contributed by atoms with E-state index in [1.165, 1.54) is 6.07 Å². The Balaban J connectivity index is 2.09. The molecule has 3 aromatic rings. The number of nitrogens with zero attached hydrogens (tertiary/aromatic N) is 3. The van der Waals surface area contributed by atoms with Crippen LogP contribution >= 0.6 is 46.1 Å². The quantitative estimate of drug-likeness (QED) is 0.363. The normalized spacial score (nSPS) is 12.9. The average molecular weight is 543 g/mol. The number of carboxylic acid groups (broad SMARTS) is 1. The van der Waals surface area contributed by atoms with E-state index in [1.807, 2.05) is 0 Å². The molecule has 0 amide bonds. The molecule has 0 radical (unpaired) electrons. The molecule has 5 nitrogen and oxygen atoms in total. The Kier molecular flexibility index (Phi) is 6.17. The van der Waals surface area contributed by atoms with Crippen LogP contribution in [-0.2, 0) is 5.67 Å². The molecular weight excluding hydrogens is 538 g/mol. The molecule has 0 aliphatic rings. The molecule has 32 heavy (non-hydrogen) atoms. The molecule has 0 spiro atoms. The maximum atomic E-state index is 14.3. The van der Waals surface area contributed by atoms with Crippen LogP contribution in [0.1, 0.15) is 15.9 Å². The zero-order valence-corrected chi connectivity index (χ0v) is 17.8. The predicted molar refractivity (Wildman–Crippen MR) is 102 cm³/mol. The Hall–Kier alpha value is -2.09. The van der Waals surface area contributed by atoms with E-state index in [1.54, 1.807) is 0 Å². The van der Waals surface area contributed by atoms with Crippen LogP contribution in [0, 0.1) is 0 Å². The van der Waals surface area contributed by atoms with Crippen LogP contribution in [0.3, 0.4) is 0 Å². The molecule has 1 aromatic carbocycles. The second-order valence-corrected chi connectivity index (χ2v) is 8.56. The minimum absolute atomic E-state index is 0.0473. The number of hydrogen-bond donors (Lipinski definition) is 1. The second kappa shape index (κ2) is 8.04. The zero-order valence-electron chi connectivity index (χ0n) is 14.7. The van der Waals surface area contributed by atoms with Gasteiger partial charge in [0.05, 0.1) is 26.7 Å². The lowest BCUT2D eigenvalue weighted by Crippen LogP contribution is -2.50. The summed E-state index contributed by atoms with van der Waals surface area (Å²) >= 11 is 18.3. The first-order chi connectivity index (χ1) is 14.6. The summed E-state index contributed by atoms with van der Waals surface area (Å²) in [6, 6.07) is 1.45. The molecule has 0 bridgehead atoms. The summed E-state index contributed by atoms with van der Waals surface area (Å²) in [6.45, 7) is 0. The highest BCUT2D eigenvalue weighted by Crippen LogP contribution is 2.54. The molecule has 0 aliphatic heterocycles. The van der Waals surface area contributed by atoms with Crippen molar-refractivity contribution in [1.29, 1.82) is 0 Å². The molecule has 3 rings (SSSR count). The van der Waals surface area contributed by atoms with Crippen LogP contribution in [0.4, 0.5) is 30.7 Å². The van der Waals surface area contributed by atoms with Gasteiger partial charge >= 0.3 is 24.0 Å². The Morgan fingerprint density at radius 2 is 1.50 bits per heavy atom. The van der Waals surface area contributed by atoms with Crippen LogP contribution < -0.4 is 0 Å². The highest BCUT2D eigenvalue weighted by atomic mass is 35.5. The Bertz CT molecular complexity index is 1170. The van der Waals surface area contributed by atoms with Gasteiger partial charge in [-0.3, -0.25) is 0 Å². The number of benzene rings is 1. The van der Waals surface area contributed by atoms with E-state index in [0.717, 1.165) is 22.2 Å². The number of carbonyl (C=O) groups is 1. The van der Waals surface area contributed by atoms with E-state index < -0.39 is 39.6 Å². The number of thiophene rings is 1. The molecule has 2 heterocycles. The fourth-order valence-corrected chi connectivity index (χ4v) is 4.47. The third-order valence-corrected chi connectivity index (χ3v) is 6.05. The van der Waals surface area contributed by atoms with Gasteiger partial charge in [0, 0.05) is 5.56 Å². The number of alkyl halides is 7. The summed E-state index contributed by atoms with van der Waals surface area (Å²) in [5.74, 6) is -1.31. The van der Waals surface area contributed by atoms with Crippen molar-refractivity contribution in [2.75, 3.05) is 0 Å². The largest absolute Gasteiger partial charge is 0.478 e.